The summed E-state index contributed by atoms with van der Waals surface area (Å²) in [6.07, 6.45) is 0.321. The van der Waals surface area contributed by atoms with Gasteiger partial charge in [-0.3, -0.25) is 9.59 Å². The van der Waals surface area contributed by atoms with Crippen LogP contribution in [0.2, 0.25) is 0 Å². The van der Waals surface area contributed by atoms with E-state index in [4.69, 9.17) is 0 Å². The Morgan fingerprint density at radius 3 is 2.17 bits per heavy atom. The minimum absolute atomic E-state index is 0.0282. The van der Waals surface area contributed by atoms with Gasteiger partial charge in [-0.1, -0.05) is 29.8 Å². The molecule has 0 saturated carbocycles. The number of benzene rings is 2. The van der Waals surface area contributed by atoms with Crippen LogP contribution < -0.4 is 4.90 Å². The third kappa shape index (κ3) is 5.79. The first-order chi connectivity index (χ1) is 13.9. The van der Waals surface area contributed by atoms with E-state index in [0.717, 1.165) is 24.3 Å². The predicted molar refractivity (Wildman–Crippen MR) is 112 cm³/mol. The molecule has 1 aliphatic rings. The van der Waals surface area contributed by atoms with E-state index >= 15 is 0 Å². The highest BCUT2D eigenvalue weighted by Gasteiger charge is 2.22. The second-order valence-corrected chi connectivity index (χ2v) is 7.52. The SMILES string of the molecule is CC(=O)N(CCC(=O)N1CCN(c2ccc(F)cc2)CC1)Cc1ccc(C)cc1. The third-order valence-electron chi connectivity index (χ3n) is 5.36. The van der Waals surface area contributed by atoms with E-state index in [1.165, 1.54) is 17.7 Å². The van der Waals surface area contributed by atoms with Crippen molar-refractivity contribution in [3.05, 3.63) is 65.5 Å². The second-order valence-electron chi connectivity index (χ2n) is 7.52. The highest BCUT2D eigenvalue weighted by atomic mass is 19.1. The zero-order chi connectivity index (χ0) is 20.8. The van der Waals surface area contributed by atoms with Crippen molar-refractivity contribution in [3.8, 4) is 0 Å². The largest absolute Gasteiger partial charge is 0.368 e. The van der Waals surface area contributed by atoms with E-state index in [1.54, 1.807) is 24.0 Å². The normalized spacial score (nSPS) is 14.0. The molecule has 0 atom stereocenters. The Morgan fingerprint density at radius 2 is 1.59 bits per heavy atom. The second kappa shape index (κ2) is 9.54. The number of rotatable bonds is 6. The van der Waals surface area contributed by atoms with Gasteiger partial charge in [0.25, 0.3) is 0 Å². The molecular weight excluding hydrogens is 369 g/mol. The number of nitrogens with zero attached hydrogens (tertiary/aromatic N) is 3. The lowest BCUT2D eigenvalue weighted by Gasteiger charge is -2.36. The van der Waals surface area contributed by atoms with E-state index in [0.29, 0.717) is 32.6 Å². The summed E-state index contributed by atoms with van der Waals surface area (Å²) in [6, 6.07) is 14.5. The van der Waals surface area contributed by atoms with Crippen molar-refractivity contribution in [2.75, 3.05) is 37.6 Å². The van der Waals surface area contributed by atoms with Gasteiger partial charge in [-0.15, -0.1) is 0 Å². The molecular formula is C23H28FN3O2. The van der Waals surface area contributed by atoms with Crippen LogP contribution in [0.15, 0.2) is 48.5 Å². The molecule has 3 rings (SSSR count). The zero-order valence-electron chi connectivity index (χ0n) is 17.1. The molecule has 1 saturated heterocycles. The first-order valence-electron chi connectivity index (χ1n) is 10.0. The van der Waals surface area contributed by atoms with Crippen LogP contribution in [-0.2, 0) is 16.1 Å². The molecule has 0 radical (unpaired) electrons. The van der Waals surface area contributed by atoms with Gasteiger partial charge in [0.05, 0.1) is 0 Å². The summed E-state index contributed by atoms with van der Waals surface area (Å²) >= 11 is 0. The number of halogens is 1. The molecule has 29 heavy (non-hydrogen) atoms. The maximum absolute atomic E-state index is 13.1. The third-order valence-corrected chi connectivity index (χ3v) is 5.36. The summed E-state index contributed by atoms with van der Waals surface area (Å²) in [5, 5.41) is 0. The molecule has 1 heterocycles. The number of amides is 2. The van der Waals surface area contributed by atoms with Gasteiger partial charge in [0.1, 0.15) is 5.82 Å². The summed E-state index contributed by atoms with van der Waals surface area (Å²) in [7, 11) is 0. The Hall–Kier alpha value is -2.89. The molecule has 1 fully saturated rings. The van der Waals surface area contributed by atoms with Gasteiger partial charge in [-0.05, 0) is 36.8 Å². The lowest BCUT2D eigenvalue weighted by molar-refractivity contribution is -0.134. The number of piperazine rings is 1. The van der Waals surface area contributed by atoms with Crippen molar-refractivity contribution in [1.29, 1.82) is 0 Å². The van der Waals surface area contributed by atoms with Crippen molar-refractivity contribution >= 4 is 17.5 Å². The van der Waals surface area contributed by atoms with E-state index in [-0.39, 0.29) is 17.6 Å². The predicted octanol–water partition coefficient (Wildman–Crippen LogP) is 3.22. The van der Waals surface area contributed by atoms with Crippen LogP contribution in [-0.4, -0.2) is 54.3 Å². The van der Waals surface area contributed by atoms with Gasteiger partial charge >= 0.3 is 0 Å². The van der Waals surface area contributed by atoms with Crippen LogP contribution >= 0.6 is 0 Å². The minimum Gasteiger partial charge on any atom is -0.368 e. The molecule has 0 aromatic heterocycles. The number of carbonyl (C=O) groups excluding carboxylic acids is 2. The first kappa shape index (κ1) is 20.8. The van der Waals surface area contributed by atoms with Crippen LogP contribution in [0.1, 0.15) is 24.5 Å². The fourth-order valence-electron chi connectivity index (χ4n) is 3.52. The average molecular weight is 397 g/mol. The summed E-state index contributed by atoms with van der Waals surface area (Å²) in [6.45, 7) is 7.21. The fourth-order valence-corrected chi connectivity index (χ4v) is 3.52. The molecule has 2 amide bonds. The van der Waals surface area contributed by atoms with Crippen molar-refractivity contribution in [1.82, 2.24) is 9.80 Å². The average Bonchev–Trinajstić information content (AvgIpc) is 2.72. The van der Waals surface area contributed by atoms with Gasteiger partial charge in [-0.2, -0.15) is 0 Å². The van der Waals surface area contributed by atoms with Crippen molar-refractivity contribution in [3.63, 3.8) is 0 Å². The molecule has 2 aromatic rings. The summed E-state index contributed by atoms with van der Waals surface area (Å²) in [4.78, 5) is 30.4. The quantitative estimate of drug-likeness (QED) is 0.752. The van der Waals surface area contributed by atoms with E-state index in [2.05, 4.69) is 4.90 Å². The number of aryl methyl sites for hydroxylation is 1. The number of hydrogen-bond donors (Lipinski definition) is 0. The topological polar surface area (TPSA) is 43.9 Å². The number of hydrogen-bond acceptors (Lipinski definition) is 3. The molecule has 0 aliphatic carbocycles. The van der Waals surface area contributed by atoms with Gasteiger partial charge in [0.15, 0.2) is 0 Å². The molecule has 0 spiro atoms. The molecule has 0 N–H and O–H groups in total. The van der Waals surface area contributed by atoms with Crippen molar-refractivity contribution in [2.45, 2.75) is 26.8 Å². The zero-order valence-corrected chi connectivity index (χ0v) is 17.1. The summed E-state index contributed by atoms with van der Waals surface area (Å²) in [5.41, 5.74) is 3.21. The molecule has 154 valence electrons. The van der Waals surface area contributed by atoms with Crippen molar-refractivity contribution in [2.24, 2.45) is 0 Å². The first-order valence-corrected chi connectivity index (χ1v) is 10.0. The van der Waals surface area contributed by atoms with E-state index < -0.39 is 0 Å². The monoisotopic (exact) mass is 397 g/mol. The molecule has 5 nitrogen and oxygen atoms in total. The fraction of sp³-hybridized carbons (Fsp3) is 0.391. The van der Waals surface area contributed by atoms with Crippen LogP contribution in [0.3, 0.4) is 0 Å². The number of carbonyl (C=O) groups is 2. The Labute approximate surface area is 171 Å². The molecule has 1 aliphatic heterocycles. The molecule has 0 unspecified atom stereocenters. The van der Waals surface area contributed by atoms with Gasteiger partial charge in [0.2, 0.25) is 11.8 Å². The van der Waals surface area contributed by atoms with E-state index in [1.807, 2.05) is 36.1 Å². The Balaban J connectivity index is 1.48. The molecule has 2 aromatic carbocycles. The van der Waals surface area contributed by atoms with Crippen LogP contribution in [0, 0.1) is 12.7 Å². The number of anilines is 1. The van der Waals surface area contributed by atoms with Crippen LogP contribution in [0.25, 0.3) is 0 Å². The summed E-state index contributed by atoms with van der Waals surface area (Å²) < 4.78 is 13.1. The maximum Gasteiger partial charge on any atom is 0.224 e. The minimum atomic E-state index is -0.247. The lowest BCUT2D eigenvalue weighted by Crippen LogP contribution is -2.49. The highest BCUT2D eigenvalue weighted by molar-refractivity contribution is 5.78. The van der Waals surface area contributed by atoms with Gasteiger partial charge in [-0.25, -0.2) is 4.39 Å². The lowest BCUT2D eigenvalue weighted by atomic mass is 10.1. The van der Waals surface area contributed by atoms with Crippen molar-refractivity contribution < 1.29 is 14.0 Å². The van der Waals surface area contributed by atoms with Crippen LogP contribution in [0.5, 0.6) is 0 Å². The Morgan fingerprint density at radius 1 is 0.966 bits per heavy atom. The standard InChI is InChI=1S/C23H28FN3O2/c1-18-3-5-20(6-4-18)17-27(19(2)28)12-11-23(29)26-15-13-25(14-16-26)22-9-7-21(24)8-10-22/h3-10H,11-17H2,1-2H3. The smallest absolute Gasteiger partial charge is 0.224 e. The van der Waals surface area contributed by atoms with Gasteiger partial charge in [0, 0.05) is 58.3 Å². The highest BCUT2D eigenvalue weighted by Crippen LogP contribution is 2.17. The maximum atomic E-state index is 13.1. The van der Waals surface area contributed by atoms with Crippen LogP contribution in [0.4, 0.5) is 10.1 Å². The van der Waals surface area contributed by atoms with E-state index in [9.17, 15) is 14.0 Å². The Bertz CT molecular complexity index is 828. The summed E-state index contributed by atoms with van der Waals surface area (Å²) in [5.74, 6) is -0.207. The van der Waals surface area contributed by atoms with Gasteiger partial charge < -0.3 is 14.7 Å². The molecule has 0 bridgehead atoms. The molecule has 6 heteroatoms. The Kier molecular flexibility index (Phi) is 6.86.